The van der Waals surface area contributed by atoms with Gasteiger partial charge in [-0.2, -0.15) is 0 Å². The number of amides is 1. The zero-order chi connectivity index (χ0) is 18.0. The Morgan fingerprint density at radius 2 is 2.08 bits per heavy atom. The molecule has 1 aliphatic carbocycles. The van der Waals surface area contributed by atoms with Crippen LogP contribution in [0.3, 0.4) is 0 Å². The zero-order valence-corrected chi connectivity index (χ0v) is 16.6. The standard InChI is InChI=1S/C18H25N3O2S2/c1-10(2)11(3)19-15(22)9-24-8-14-20-17(23)16-12-6-4-5-7-13(12)25-18(16)21-14/h10-11H,4-9H2,1-3H3,(H,19,22)(H,20,21,23)/t11-/m1/s1. The third-order valence-electron chi connectivity index (χ3n) is 4.73. The Hall–Kier alpha value is -1.34. The first kappa shape index (κ1) is 18.5. The van der Waals surface area contributed by atoms with E-state index in [1.165, 1.54) is 28.6 Å². The van der Waals surface area contributed by atoms with Crippen LogP contribution in [0.15, 0.2) is 4.79 Å². The molecular weight excluding hydrogens is 354 g/mol. The fraction of sp³-hybridized carbons (Fsp3) is 0.611. The van der Waals surface area contributed by atoms with E-state index in [1.54, 1.807) is 11.3 Å². The molecule has 1 amide bonds. The monoisotopic (exact) mass is 379 g/mol. The maximum atomic E-state index is 12.5. The Kier molecular flexibility index (Phi) is 5.84. The lowest BCUT2D eigenvalue weighted by Gasteiger charge is -2.17. The van der Waals surface area contributed by atoms with Gasteiger partial charge in [-0.15, -0.1) is 23.1 Å². The number of hydrogen-bond donors (Lipinski definition) is 2. The average Bonchev–Trinajstić information content (AvgIpc) is 2.93. The van der Waals surface area contributed by atoms with E-state index in [0.29, 0.717) is 23.2 Å². The predicted molar refractivity (Wildman–Crippen MR) is 105 cm³/mol. The summed E-state index contributed by atoms with van der Waals surface area (Å²) in [6.07, 6.45) is 4.40. The summed E-state index contributed by atoms with van der Waals surface area (Å²) in [6.45, 7) is 6.18. The third-order valence-corrected chi connectivity index (χ3v) is 6.86. The van der Waals surface area contributed by atoms with Crippen LogP contribution in [-0.2, 0) is 23.4 Å². The van der Waals surface area contributed by atoms with E-state index < -0.39 is 0 Å². The van der Waals surface area contributed by atoms with Crippen molar-refractivity contribution in [3.05, 3.63) is 26.6 Å². The summed E-state index contributed by atoms with van der Waals surface area (Å²) in [4.78, 5) is 34.1. The highest BCUT2D eigenvalue weighted by molar-refractivity contribution is 7.99. The molecule has 0 aromatic carbocycles. The normalized spacial score (nSPS) is 15.4. The van der Waals surface area contributed by atoms with Crippen LogP contribution in [-0.4, -0.2) is 27.7 Å². The van der Waals surface area contributed by atoms with E-state index in [2.05, 4.69) is 29.1 Å². The molecule has 0 radical (unpaired) electrons. The molecule has 1 atom stereocenters. The molecule has 0 unspecified atom stereocenters. The Morgan fingerprint density at radius 1 is 1.32 bits per heavy atom. The van der Waals surface area contributed by atoms with Gasteiger partial charge in [0.2, 0.25) is 5.91 Å². The lowest BCUT2D eigenvalue weighted by Crippen LogP contribution is -2.37. The van der Waals surface area contributed by atoms with Crippen LogP contribution in [0.4, 0.5) is 0 Å². The van der Waals surface area contributed by atoms with Gasteiger partial charge in [-0.25, -0.2) is 4.98 Å². The van der Waals surface area contributed by atoms with Crippen molar-refractivity contribution >= 4 is 39.2 Å². The van der Waals surface area contributed by atoms with Gasteiger partial charge in [-0.1, -0.05) is 13.8 Å². The number of hydrogen-bond acceptors (Lipinski definition) is 5. The molecule has 0 fully saturated rings. The largest absolute Gasteiger partial charge is 0.353 e. The molecule has 0 spiro atoms. The molecule has 5 nitrogen and oxygen atoms in total. The highest BCUT2D eigenvalue weighted by Gasteiger charge is 2.19. The molecule has 136 valence electrons. The van der Waals surface area contributed by atoms with E-state index >= 15 is 0 Å². The van der Waals surface area contributed by atoms with E-state index in [0.717, 1.165) is 29.5 Å². The number of aromatic amines is 1. The number of fused-ring (bicyclic) bond motifs is 3. The minimum Gasteiger partial charge on any atom is -0.353 e. The first-order chi connectivity index (χ1) is 12.0. The maximum Gasteiger partial charge on any atom is 0.259 e. The van der Waals surface area contributed by atoms with E-state index in [-0.39, 0.29) is 17.5 Å². The van der Waals surface area contributed by atoms with Gasteiger partial charge in [0.1, 0.15) is 10.7 Å². The van der Waals surface area contributed by atoms with Gasteiger partial charge in [0.05, 0.1) is 16.9 Å². The van der Waals surface area contributed by atoms with Crippen molar-refractivity contribution in [1.82, 2.24) is 15.3 Å². The number of H-pyrrole nitrogens is 1. The molecule has 2 aromatic heterocycles. The van der Waals surface area contributed by atoms with Crippen LogP contribution in [0.2, 0.25) is 0 Å². The van der Waals surface area contributed by atoms with Crippen LogP contribution < -0.4 is 10.9 Å². The number of nitrogens with zero attached hydrogens (tertiary/aromatic N) is 1. The molecule has 25 heavy (non-hydrogen) atoms. The number of carbonyl (C=O) groups is 1. The molecule has 0 aliphatic heterocycles. The summed E-state index contributed by atoms with van der Waals surface area (Å²) in [7, 11) is 0. The summed E-state index contributed by atoms with van der Waals surface area (Å²) in [5.41, 5.74) is 1.18. The summed E-state index contributed by atoms with van der Waals surface area (Å²) >= 11 is 3.14. The predicted octanol–water partition coefficient (Wildman–Crippen LogP) is 3.26. The third kappa shape index (κ3) is 4.26. The van der Waals surface area contributed by atoms with Gasteiger partial charge >= 0.3 is 0 Å². The summed E-state index contributed by atoms with van der Waals surface area (Å²) in [5.74, 6) is 2.02. The number of thiophene rings is 1. The van der Waals surface area contributed by atoms with Crippen molar-refractivity contribution in [2.75, 3.05) is 5.75 Å². The quantitative estimate of drug-likeness (QED) is 0.808. The second-order valence-corrected chi connectivity index (χ2v) is 9.07. The minimum absolute atomic E-state index is 0.0289. The van der Waals surface area contributed by atoms with Crippen LogP contribution in [0.5, 0.6) is 0 Å². The topological polar surface area (TPSA) is 74.8 Å². The molecule has 3 rings (SSSR count). The number of thioether (sulfide) groups is 1. The van der Waals surface area contributed by atoms with E-state index in [9.17, 15) is 9.59 Å². The molecule has 0 bridgehead atoms. The van der Waals surface area contributed by atoms with Gasteiger partial charge in [0.25, 0.3) is 5.56 Å². The smallest absolute Gasteiger partial charge is 0.259 e. The molecule has 7 heteroatoms. The van der Waals surface area contributed by atoms with Crippen molar-refractivity contribution in [1.29, 1.82) is 0 Å². The SMILES string of the molecule is CC(C)[C@@H](C)NC(=O)CSCc1nc2sc3c(c2c(=O)[nH]1)CCCC3. The summed E-state index contributed by atoms with van der Waals surface area (Å²) < 4.78 is 0. The Labute approximate surface area is 156 Å². The average molecular weight is 380 g/mol. The number of aromatic nitrogens is 2. The van der Waals surface area contributed by atoms with Crippen LogP contribution >= 0.6 is 23.1 Å². The number of rotatable bonds is 6. The van der Waals surface area contributed by atoms with Crippen LogP contribution in [0, 0.1) is 5.92 Å². The summed E-state index contributed by atoms with van der Waals surface area (Å²) in [6, 6.07) is 0.167. The van der Waals surface area contributed by atoms with Gasteiger partial charge in [-0.05, 0) is 44.1 Å². The Bertz CT molecular complexity index is 826. The highest BCUT2D eigenvalue weighted by Crippen LogP contribution is 2.33. The van der Waals surface area contributed by atoms with Crippen LogP contribution in [0.25, 0.3) is 10.2 Å². The maximum absolute atomic E-state index is 12.5. The number of aryl methyl sites for hydroxylation is 2. The van der Waals surface area contributed by atoms with Gasteiger partial charge in [0.15, 0.2) is 0 Å². The first-order valence-corrected chi connectivity index (χ1v) is 10.8. The van der Waals surface area contributed by atoms with Crippen molar-refractivity contribution in [2.45, 2.75) is 58.2 Å². The molecule has 0 saturated heterocycles. The van der Waals surface area contributed by atoms with Gasteiger partial charge in [-0.3, -0.25) is 9.59 Å². The van der Waals surface area contributed by atoms with Crippen molar-refractivity contribution in [3.63, 3.8) is 0 Å². The van der Waals surface area contributed by atoms with Crippen molar-refractivity contribution in [3.8, 4) is 0 Å². The molecule has 2 N–H and O–H groups in total. The molecule has 0 saturated carbocycles. The minimum atomic E-state index is -0.0297. The fourth-order valence-electron chi connectivity index (χ4n) is 2.98. The van der Waals surface area contributed by atoms with Gasteiger partial charge < -0.3 is 10.3 Å². The zero-order valence-electron chi connectivity index (χ0n) is 15.0. The summed E-state index contributed by atoms with van der Waals surface area (Å²) in [5, 5.41) is 3.78. The van der Waals surface area contributed by atoms with Gasteiger partial charge in [0, 0.05) is 10.9 Å². The number of nitrogens with one attached hydrogen (secondary N) is 2. The van der Waals surface area contributed by atoms with E-state index in [4.69, 9.17) is 0 Å². The molecule has 2 heterocycles. The van der Waals surface area contributed by atoms with Crippen molar-refractivity contribution in [2.24, 2.45) is 5.92 Å². The molecule has 2 aromatic rings. The molecular formula is C18H25N3O2S2. The van der Waals surface area contributed by atoms with Crippen molar-refractivity contribution < 1.29 is 4.79 Å². The first-order valence-electron chi connectivity index (χ1n) is 8.86. The Morgan fingerprint density at radius 3 is 2.84 bits per heavy atom. The second-order valence-electron chi connectivity index (χ2n) is 7.00. The Balaban J connectivity index is 1.65. The molecule has 1 aliphatic rings. The van der Waals surface area contributed by atoms with E-state index in [1.807, 2.05) is 6.92 Å². The lowest BCUT2D eigenvalue weighted by atomic mass is 9.97. The highest BCUT2D eigenvalue weighted by atomic mass is 32.2. The lowest BCUT2D eigenvalue weighted by molar-refractivity contribution is -0.119. The second kappa shape index (κ2) is 7.91. The van der Waals surface area contributed by atoms with Crippen LogP contribution in [0.1, 0.15) is 49.9 Å². The fourth-order valence-corrected chi connectivity index (χ4v) is 4.96. The number of carbonyl (C=O) groups excluding carboxylic acids is 1.